The van der Waals surface area contributed by atoms with Crippen LogP contribution in [0, 0.1) is 5.92 Å². The van der Waals surface area contributed by atoms with Gasteiger partial charge in [-0.25, -0.2) is 0 Å². The molecule has 1 heterocycles. The van der Waals surface area contributed by atoms with Crippen LogP contribution in [0.5, 0.6) is 0 Å². The molecule has 1 saturated carbocycles. The van der Waals surface area contributed by atoms with Crippen molar-refractivity contribution in [3.63, 3.8) is 0 Å². The number of amides is 1. The Morgan fingerprint density at radius 2 is 2.18 bits per heavy atom. The number of hydrogen-bond acceptors (Lipinski definition) is 2. The Balaban J connectivity index is 1.94. The molecule has 1 aliphatic rings. The summed E-state index contributed by atoms with van der Waals surface area (Å²) >= 11 is 0. The molecule has 1 fully saturated rings. The average molecular weight is 234 g/mol. The second-order valence-corrected chi connectivity index (χ2v) is 4.82. The lowest BCUT2D eigenvalue weighted by Crippen LogP contribution is -2.31. The van der Waals surface area contributed by atoms with E-state index in [0.29, 0.717) is 5.69 Å². The first kappa shape index (κ1) is 11.9. The molecule has 0 spiro atoms. The van der Waals surface area contributed by atoms with Gasteiger partial charge in [-0.3, -0.25) is 9.59 Å². The minimum Gasteiger partial charge on any atom is -0.344 e. The molecule has 0 atom stereocenters. The van der Waals surface area contributed by atoms with Crippen LogP contribution in [0.15, 0.2) is 18.3 Å². The Kier molecular flexibility index (Phi) is 3.31. The van der Waals surface area contributed by atoms with Crippen LogP contribution in [0.1, 0.15) is 43.2 Å². The molecule has 0 aliphatic heterocycles. The maximum absolute atomic E-state index is 11.9. The number of carbonyl (C=O) groups excluding carboxylic acids is 2. The highest BCUT2D eigenvalue weighted by Gasteiger charge is 2.29. The Hall–Kier alpha value is -1.58. The molecule has 4 nitrogen and oxygen atoms in total. The zero-order chi connectivity index (χ0) is 12.4. The first-order chi connectivity index (χ1) is 8.09. The van der Waals surface area contributed by atoms with Gasteiger partial charge in [0.25, 0.3) is 5.91 Å². The highest BCUT2D eigenvalue weighted by Crippen LogP contribution is 2.29. The summed E-state index contributed by atoms with van der Waals surface area (Å²) in [7, 11) is 0. The highest BCUT2D eigenvalue weighted by molar-refractivity contribution is 5.96. The summed E-state index contributed by atoms with van der Waals surface area (Å²) in [5.41, 5.74) is 0.614. The lowest BCUT2D eigenvalue weighted by molar-refractivity contribution is -0.119. The third-order valence-electron chi connectivity index (χ3n) is 3.02. The molecule has 0 radical (unpaired) electrons. The molecule has 0 unspecified atom stereocenters. The van der Waals surface area contributed by atoms with Crippen molar-refractivity contribution in [2.45, 2.75) is 32.7 Å². The molecule has 4 heteroatoms. The first-order valence-corrected chi connectivity index (χ1v) is 6.07. The van der Waals surface area contributed by atoms with Gasteiger partial charge in [-0.15, -0.1) is 0 Å². The monoisotopic (exact) mass is 234 g/mol. The van der Waals surface area contributed by atoms with Crippen molar-refractivity contribution in [2.24, 2.45) is 5.92 Å². The van der Waals surface area contributed by atoms with Crippen molar-refractivity contribution in [1.82, 2.24) is 9.88 Å². The van der Waals surface area contributed by atoms with Crippen LogP contribution < -0.4 is 5.32 Å². The van der Waals surface area contributed by atoms with Gasteiger partial charge in [-0.1, -0.05) is 0 Å². The van der Waals surface area contributed by atoms with E-state index in [1.807, 2.05) is 30.7 Å². The molecule has 17 heavy (non-hydrogen) atoms. The van der Waals surface area contributed by atoms with Crippen LogP contribution in [0.25, 0.3) is 0 Å². The quantitative estimate of drug-likeness (QED) is 0.844. The number of nitrogens with zero attached hydrogens (tertiary/aromatic N) is 1. The summed E-state index contributed by atoms with van der Waals surface area (Å²) in [6, 6.07) is 3.86. The van der Waals surface area contributed by atoms with E-state index in [2.05, 4.69) is 5.32 Å². The van der Waals surface area contributed by atoms with E-state index in [0.717, 1.165) is 12.8 Å². The number of Topliss-reactive ketones (excluding diaryl/α,β-unsaturated/α-hetero) is 1. The summed E-state index contributed by atoms with van der Waals surface area (Å²) in [4.78, 5) is 23.4. The van der Waals surface area contributed by atoms with Gasteiger partial charge in [-0.2, -0.15) is 0 Å². The van der Waals surface area contributed by atoms with Crippen LogP contribution in [-0.4, -0.2) is 22.8 Å². The standard InChI is InChI=1S/C13H18N2O2/c1-9(2)15-7-3-4-11(15)13(17)14-8-12(16)10-5-6-10/h3-4,7,9-10H,5-6,8H2,1-2H3,(H,14,17). The van der Waals surface area contributed by atoms with Gasteiger partial charge in [0.2, 0.25) is 0 Å². The lowest BCUT2D eigenvalue weighted by atomic mass is 10.2. The van der Waals surface area contributed by atoms with Gasteiger partial charge >= 0.3 is 0 Å². The van der Waals surface area contributed by atoms with Gasteiger partial charge in [0.1, 0.15) is 5.69 Å². The fraction of sp³-hybridized carbons (Fsp3) is 0.538. The van der Waals surface area contributed by atoms with E-state index in [-0.39, 0.29) is 30.2 Å². The van der Waals surface area contributed by atoms with Crippen LogP contribution >= 0.6 is 0 Å². The van der Waals surface area contributed by atoms with E-state index in [9.17, 15) is 9.59 Å². The Morgan fingerprint density at radius 1 is 1.47 bits per heavy atom. The summed E-state index contributed by atoms with van der Waals surface area (Å²) in [6.45, 7) is 4.20. The predicted octanol–water partition coefficient (Wildman–Crippen LogP) is 1.78. The van der Waals surface area contributed by atoms with E-state index >= 15 is 0 Å². The SMILES string of the molecule is CC(C)n1cccc1C(=O)NCC(=O)C1CC1. The molecule has 92 valence electrons. The molecule has 0 bridgehead atoms. The molecule has 1 amide bonds. The predicted molar refractivity (Wildman–Crippen MR) is 64.9 cm³/mol. The van der Waals surface area contributed by atoms with E-state index in [1.54, 1.807) is 6.07 Å². The Bertz CT molecular complexity index is 430. The van der Waals surface area contributed by atoms with E-state index in [4.69, 9.17) is 0 Å². The zero-order valence-electron chi connectivity index (χ0n) is 10.3. The minimum absolute atomic E-state index is 0.154. The van der Waals surface area contributed by atoms with Crippen LogP contribution in [0.2, 0.25) is 0 Å². The first-order valence-electron chi connectivity index (χ1n) is 6.07. The lowest BCUT2D eigenvalue weighted by Gasteiger charge is -2.12. The molecule has 1 aromatic heterocycles. The van der Waals surface area contributed by atoms with Crippen LogP contribution in [0.4, 0.5) is 0 Å². The fourth-order valence-electron chi connectivity index (χ4n) is 1.84. The normalized spacial score (nSPS) is 15.0. The second-order valence-electron chi connectivity index (χ2n) is 4.82. The molecule has 1 aromatic rings. The zero-order valence-corrected chi connectivity index (χ0v) is 10.3. The van der Waals surface area contributed by atoms with Crippen molar-refractivity contribution in [3.05, 3.63) is 24.0 Å². The van der Waals surface area contributed by atoms with Gasteiger partial charge in [0.05, 0.1) is 6.54 Å². The van der Waals surface area contributed by atoms with E-state index < -0.39 is 0 Å². The van der Waals surface area contributed by atoms with Gasteiger partial charge in [-0.05, 0) is 38.8 Å². The maximum atomic E-state index is 11.9. The van der Waals surface area contributed by atoms with Gasteiger partial charge < -0.3 is 9.88 Å². The van der Waals surface area contributed by atoms with Crippen molar-refractivity contribution >= 4 is 11.7 Å². The molecule has 0 aromatic carbocycles. The van der Waals surface area contributed by atoms with Crippen LogP contribution in [-0.2, 0) is 4.79 Å². The Labute approximate surface area is 101 Å². The number of nitrogens with one attached hydrogen (secondary N) is 1. The third-order valence-corrected chi connectivity index (χ3v) is 3.02. The number of rotatable bonds is 5. The molecule has 0 saturated heterocycles. The van der Waals surface area contributed by atoms with Crippen molar-refractivity contribution in [2.75, 3.05) is 6.54 Å². The average Bonchev–Trinajstić information content (AvgIpc) is 3.02. The number of ketones is 1. The van der Waals surface area contributed by atoms with E-state index in [1.165, 1.54) is 0 Å². The molecular formula is C13H18N2O2. The molecule has 1 N–H and O–H groups in total. The number of hydrogen-bond donors (Lipinski definition) is 1. The minimum atomic E-state index is -0.169. The van der Waals surface area contributed by atoms with Crippen molar-refractivity contribution in [3.8, 4) is 0 Å². The summed E-state index contributed by atoms with van der Waals surface area (Å²) in [5.74, 6) is 0.186. The topological polar surface area (TPSA) is 51.1 Å². The third kappa shape index (κ3) is 2.75. The largest absolute Gasteiger partial charge is 0.344 e. The fourth-order valence-corrected chi connectivity index (χ4v) is 1.84. The van der Waals surface area contributed by atoms with Crippen molar-refractivity contribution < 1.29 is 9.59 Å². The maximum Gasteiger partial charge on any atom is 0.268 e. The smallest absolute Gasteiger partial charge is 0.268 e. The number of aromatic nitrogens is 1. The number of carbonyl (C=O) groups is 2. The van der Waals surface area contributed by atoms with Gasteiger partial charge in [0, 0.05) is 18.2 Å². The second kappa shape index (κ2) is 4.73. The molecule has 2 rings (SSSR count). The summed E-state index contributed by atoms with van der Waals surface area (Å²) in [5, 5.41) is 2.69. The molecular weight excluding hydrogens is 216 g/mol. The summed E-state index contributed by atoms with van der Waals surface area (Å²) in [6.07, 6.45) is 3.84. The van der Waals surface area contributed by atoms with Crippen molar-refractivity contribution in [1.29, 1.82) is 0 Å². The summed E-state index contributed by atoms with van der Waals surface area (Å²) < 4.78 is 1.90. The molecule has 1 aliphatic carbocycles. The van der Waals surface area contributed by atoms with Crippen LogP contribution in [0.3, 0.4) is 0 Å². The highest BCUT2D eigenvalue weighted by atomic mass is 16.2. The van der Waals surface area contributed by atoms with Gasteiger partial charge in [0.15, 0.2) is 5.78 Å². The Morgan fingerprint density at radius 3 is 2.76 bits per heavy atom.